The maximum atomic E-state index is 4.86. The van der Waals surface area contributed by atoms with Crippen LogP contribution in [-0.4, -0.2) is 9.97 Å². The monoisotopic (exact) mass is 325 g/mol. The van der Waals surface area contributed by atoms with E-state index in [0.717, 1.165) is 22.6 Å². The van der Waals surface area contributed by atoms with Gasteiger partial charge in [-0.25, -0.2) is 4.98 Å². The molecule has 4 rings (SSSR count). The van der Waals surface area contributed by atoms with Gasteiger partial charge in [-0.15, -0.1) is 0 Å². The third-order valence-electron chi connectivity index (χ3n) is 4.26. The Morgan fingerprint density at radius 1 is 0.880 bits per heavy atom. The lowest BCUT2D eigenvalue weighted by Gasteiger charge is -2.17. The van der Waals surface area contributed by atoms with Crippen molar-refractivity contribution in [3.63, 3.8) is 0 Å². The van der Waals surface area contributed by atoms with Crippen LogP contribution in [-0.2, 0) is 0 Å². The zero-order valence-electron chi connectivity index (χ0n) is 14.1. The molecule has 1 atom stereocenters. The van der Waals surface area contributed by atoms with Crippen molar-refractivity contribution < 1.29 is 0 Å². The van der Waals surface area contributed by atoms with Gasteiger partial charge in [0.2, 0.25) is 0 Å². The van der Waals surface area contributed by atoms with Gasteiger partial charge in [-0.3, -0.25) is 4.98 Å². The first-order chi connectivity index (χ1) is 12.3. The summed E-state index contributed by atoms with van der Waals surface area (Å²) in [6, 6.07) is 18.8. The van der Waals surface area contributed by atoms with Gasteiger partial charge in [-0.2, -0.15) is 0 Å². The second-order valence-corrected chi connectivity index (χ2v) is 6.14. The van der Waals surface area contributed by atoms with E-state index in [2.05, 4.69) is 59.7 Å². The summed E-state index contributed by atoms with van der Waals surface area (Å²) in [5, 5.41) is 3.35. The van der Waals surface area contributed by atoms with E-state index in [0.29, 0.717) is 0 Å². The molecular formula is C22H19N3. The third kappa shape index (κ3) is 3.36. The van der Waals surface area contributed by atoms with Crippen LogP contribution in [0.25, 0.3) is 22.5 Å². The van der Waals surface area contributed by atoms with E-state index < -0.39 is 0 Å². The lowest BCUT2D eigenvalue weighted by Crippen LogP contribution is -2.16. The summed E-state index contributed by atoms with van der Waals surface area (Å²) in [6.07, 6.45) is 9.90. The smallest absolute Gasteiger partial charge is 0.0896 e. The molecule has 3 heteroatoms. The topological polar surface area (TPSA) is 37.8 Å². The maximum Gasteiger partial charge on any atom is 0.0896 e. The van der Waals surface area contributed by atoms with Crippen molar-refractivity contribution in [3.05, 3.63) is 96.5 Å². The molecule has 1 aromatic carbocycles. The van der Waals surface area contributed by atoms with Crippen molar-refractivity contribution in [2.45, 2.75) is 13.0 Å². The molecule has 3 aromatic rings. The number of dihydropyridines is 1. The number of pyridine rings is 2. The van der Waals surface area contributed by atoms with E-state index in [1.807, 2.05) is 36.6 Å². The molecule has 0 saturated heterocycles. The first-order valence-corrected chi connectivity index (χ1v) is 8.39. The van der Waals surface area contributed by atoms with Crippen molar-refractivity contribution in [1.82, 2.24) is 15.3 Å². The van der Waals surface area contributed by atoms with Gasteiger partial charge in [-0.1, -0.05) is 48.0 Å². The average Bonchev–Trinajstić information content (AvgIpc) is 2.69. The van der Waals surface area contributed by atoms with Crippen LogP contribution in [0.15, 0.2) is 85.2 Å². The van der Waals surface area contributed by atoms with Crippen molar-refractivity contribution in [2.75, 3.05) is 0 Å². The fourth-order valence-electron chi connectivity index (χ4n) is 2.90. The number of nitrogens with zero attached hydrogens (tertiary/aromatic N) is 2. The molecule has 1 aliphatic rings. The molecule has 0 spiro atoms. The number of hydrogen-bond donors (Lipinski definition) is 1. The molecule has 3 nitrogen and oxygen atoms in total. The molecule has 0 saturated carbocycles. The summed E-state index contributed by atoms with van der Waals surface area (Å²) >= 11 is 0. The van der Waals surface area contributed by atoms with E-state index in [9.17, 15) is 0 Å². The number of nitrogens with one attached hydrogen (secondary N) is 1. The summed E-state index contributed by atoms with van der Waals surface area (Å²) in [7, 11) is 0. The van der Waals surface area contributed by atoms with Crippen molar-refractivity contribution in [3.8, 4) is 22.5 Å². The molecule has 2 aromatic heterocycles. The zero-order valence-corrected chi connectivity index (χ0v) is 14.1. The first-order valence-electron chi connectivity index (χ1n) is 8.39. The highest BCUT2D eigenvalue weighted by Crippen LogP contribution is 2.28. The molecule has 0 radical (unpaired) electrons. The van der Waals surface area contributed by atoms with Gasteiger partial charge in [0.1, 0.15) is 0 Å². The van der Waals surface area contributed by atoms with Crippen LogP contribution in [0.1, 0.15) is 17.3 Å². The molecule has 25 heavy (non-hydrogen) atoms. The summed E-state index contributed by atoms with van der Waals surface area (Å²) in [6.45, 7) is 2.10. The lowest BCUT2D eigenvalue weighted by molar-refractivity contribution is 0.722. The Balaban J connectivity index is 1.84. The molecule has 0 bridgehead atoms. The summed E-state index contributed by atoms with van der Waals surface area (Å²) < 4.78 is 0. The van der Waals surface area contributed by atoms with E-state index >= 15 is 0 Å². The molecule has 0 amide bonds. The van der Waals surface area contributed by atoms with Gasteiger partial charge >= 0.3 is 0 Å². The third-order valence-corrected chi connectivity index (χ3v) is 4.26. The van der Waals surface area contributed by atoms with Crippen molar-refractivity contribution in [1.29, 1.82) is 0 Å². The van der Waals surface area contributed by atoms with Gasteiger partial charge < -0.3 is 5.32 Å². The fraction of sp³-hybridized carbons (Fsp3) is 0.0909. The Hall–Kier alpha value is -3.20. The molecule has 3 heterocycles. The van der Waals surface area contributed by atoms with E-state index in [4.69, 9.17) is 4.98 Å². The lowest BCUT2D eigenvalue weighted by atomic mass is 10.00. The second-order valence-electron chi connectivity index (χ2n) is 6.14. The van der Waals surface area contributed by atoms with Crippen molar-refractivity contribution in [2.24, 2.45) is 0 Å². The standard InChI is InChI=1S/C22H19N3/c1-16-8-10-17(11-9-16)18-14-21(19-6-2-4-12-23-19)25-22(15-18)20-7-3-5-13-24-20/h2-15,19,23H,1H3. The number of rotatable bonds is 3. The fourth-order valence-corrected chi connectivity index (χ4v) is 2.90. The van der Waals surface area contributed by atoms with Gasteiger partial charge in [0.25, 0.3) is 0 Å². The number of benzene rings is 1. The highest BCUT2D eigenvalue weighted by molar-refractivity contribution is 5.70. The molecule has 122 valence electrons. The number of aryl methyl sites for hydroxylation is 1. The average molecular weight is 325 g/mol. The van der Waals surface area contributed by atoms with Gasteiger partial charge in [0.15, 0.2) is 0 Å². The Kier molecular flexibility index (Phi) is 4.13. The van der Waals surface area contributed by atoms with Gasteiger partial charge in [0.05, 0.1) is 23.1 Å². The summed E-state index contributed by atoms with van der Waals surface area (Å²) in [4.78, 5) is 9.33. The van der Waals surface area contributed by atoms with Crippen LogP contribution in [0.4, 0.5) is 0 Å². The van der Waals surface area contributed by atoms with Crippen LogP contribution in [0.2, 0.25) is 0 Å². The van der Waals surface area contributed by atoms with Crippen LogP contribution < -0.4 is 5.32 Å². The Labute approximate surface area is 147 Å². The maximum absolute atomic E-state index is 4.86. The van der Waals surface area contributed by atoms with Crippen LogP contribution in [0, 0.1) is 6.92 Å². The minimum atomic E-state index is 0.0675. The van der Waals surface area contributed by atoms with Crippen molar-refractivity contribution >= 4 is 0 Å². The highest BCUT2D eigenvalue weighted by atomic mass is 14.9. The minimum absolute atomic E-state index is 0.0675. The Morgan fingerprint density at radius 3 is 2.48 bits per heavy atom. The van der Waals surface area contributed by atoms with Crippen LogP contribution >= 0.6 is 0 Å². The van der Waals surface area contributed by atoms with Gasteiger partial charge in [0, 0.05) is 6.20 Å². The molecule has 1 N–H and O–H groups in total. The number of aromatic nitrogens is 2. The summed E-state index contributed by atoms with van der Waals surface area (Å²) in [5.41, 5.74) is 6.34. The normalized spacial score (nSPS) is 15.8. The molecule has 0 fully saturated rings. The van der Waals surface area contributed by atoms with E-state index in [1.54, 1.807) is 6.20 Å². The molecule has 1 aliphatic heterocycles. The predicted molar refractivity (Wildman–Crippen MR) is 102 cm³/mol. The minimum Gasteiger partial charge on any atom is -0.379 e. The highest BCUT2D eigenvalue weighted by Gasteiger charge is 2.14. The predicted octanol–water partition coefficient (Wildman–Crippen LogP) is 4.83. The van der Waals surface area contributed by atoms with Gasteiger partial charge in [-0.05, 0) is 54.6 Å². The molecule has 0 aliphatic carbocycles. The Bertz CT molecular complexity index is 925. The largest absolute Gasteiger partial charge is 0.379 e. The second kappa shape index (κ2) is 6.73. The number of hydrogen-bond acceptors (Lipinski definition) is 3. The van der Waals surface area contributed by atoms with E-state index in [1.165, 1.54) is 11.1 Å². The van der Waals surface area contributed by atoms with E-state index in [-0.39, 0.29) is 6.04 Å². The summed E-state index contributed by atoms with van der Waals surface area (Å²) in [5.74, 6) is 0. The zero-order chi connectivity index (χ0) is 17.1. The number of allylic oxidation sites excluding steroid dienone is 2. The quantitative estimate of drug-likeness (QED) is 0.749. The first kappa shape index (κ1) is 15.3. The SMILES string of the molecule is Cc1ccc(-c2cc(-c3ccccn3)nc(C3C=CC=CN3)c2)cc1. The van der Waals surface area contributed by atoms with Crippen LogP contribution in [0.5, 0.6) is 0 Å². The molecular weight excluding hydrogens is 306 g/mol. The van der Waals surface area contributed by atoms with Crippen LogP contribution in [0.3, 0.4) is 0 Å². The molecule has 1 unspecified atom stereocenters. The Morgan fingerprint density at radius 2 is 1.76 bits per heavy atom.